The third-order valence-corrected chi connectivity index (χ3v) is 3.22. The zero-order valence-electron chi connectivity index (χ0n) is 8.04. The van der Waals surface area contributed by atoms with Crippen molar-refractivity contribution < 1.29 is 9.90 Å². The van der Waals surface area contributed by atoms with Gasteiger partial charge >= 0.3 is 5.97 Å². The van der Waals surface area contributed by atoms with Crippen molar-refractivity contribution in [1.82, 2.24) is 9.78 Å². The van der Waals surface area contributed by atoms with Crippen LogP contribution in [0, 0.1) is 6.92 Å². The minimum absolute atomic E-state index is 0.447. The van der Waals surface area contributed by atoms with Crippen LogP contribution in [-0.2, 0) is 17.3 Å². The van der Waals surface area contributed by atoms with E-state index in [1.807, 2.05) is 0 Å². The van der Waals surface area contributed by atoms with Crippen LogP contribution in [0.4, 0.5) is 0 Å². The molecule has 1 saturated carbocycles. The molecule has 1 N–H and O–H groups in total. The van der Waals surface area contributed by atoms with Crippen LogP contribution in [0.5, 0.6) is 0 Å². The summed E-state index contributed by atoms with van der Waals surface area (Å²) in [6.45, 7) is 1.80. The third-order valence-electron chi connectivity index (χ3n) is 2.79. The Hall–Kier alpha value is -1.03. The maximum absolute atomic E-state index is 11.1. The molecule has 0 saturated heterocycles. The number of hydrogen-bond acceptors (Lipinski definition) is 2. The molecule has 0 aliphatic heterocycles. The molecule has 1 aliphatic carbocycles. The fourth-order valence-corrected chi connectivity index (χ4v) is 2.22. The van der Waals surface area contributed by atoms with E-state index < -0.39 is 11.4 Å². The molecule has 2 rings (SSSR count). The summed E-state index contributed by atoms with van der Waals surface area (Å²) < 4.78 is 1.52. The maximum Gasteiger partial charge on any atom is 0.314 e. The van der Waals surface area contributed by atoms with Gasteiger partial charge in [0, 0.05) is 12.6 Å². The zero-order chi connectivity index (χ0) is 10.5. The lowest BCUT2D eigenvalue weighted by Gasteiger charge is -2.08. The SMILES string of the molecule is Cc1nn(C)c(Cl)c1C1(C(=O)O)CC1. The molecule has 0 radical (unpaired) electrons. The van der Waals surface area contributed by atoms with Gasteiger partial charge in [0.05, 0.1) is 11.1 Å². The van der Waals surface area contributed by atoms with E-state index in [1.165, 1.54) is 4.68 Å². The van der Waals surface area contributed by atoms with Crippen LogP contribution in [-0.4, -0.2) is 20.9 Å². The highest BCUT2D eigenvalue weighted by Gasteiger charge is 2.54. The minimum atomic E-state index is -0.796. The summed E-state index contributed by atoms with van der Waals surface area (Å²) in [4.78, 5) is 11.1. The number of carboxylic acid groups (broad SMARTS) is 1. The lowest BCUT2D eigenvalue weighted by Crippen LogP contribution is -2.20. The van der Waals surface area contributed by atoms with Gasteiger partial charge in [-0.25, -0.2) is 0 Å². The molecule has 1 fully saturated rings. The number of aromatic nitrogens is 2. The molecule has 0 spiro atoms. The van der Waals surface area contributed by atoms with Gasteiger partial charge in [0.2, 0.25) is 0 Å². The topological polar surface area (TPSA) is 55.1 Å². The standard InChI is InChI=1S/C9H11ClN2O2/c1-5-6(7(10)12(2)11-5)9(3-4-9)8(13)14/h3-4H2,1-2H3,(H,13,14). The zero-order valence-corrected chi connectivity index (χ0v) is 8.80. The second-order valence-corrected chi connectivity index (χ2v) is 4.12. The van der Waals surface area contributed by atoms with Crippen LogP contribution in [0.2, 0.25) is 5.15 Å². The highest BCUT2D eigenvalue weighted by molar-refractivity contribution is 6.31. The van der Waals surface area contributed by atoms with Crippen molar-refractivity contribution in [3.8, 4) is 0 Å². The van der Waals surface area contributed by atoms with Crippen molar-refractivity contribution in [2.75, 3.05) is 0 Å². The number of nitrogens with zero attached hydrogens (tertiary/aromatic N) is 2. The lowest BCUT2D eigenvalue weighted by molar-refractivity contribution is -0.140. The van der Waals surface area contributed by atoms with Crippen LogP contribution < -0.4 is 0 Å². The van der Waals surface area contributed by atoms with Gasteiger partial charge in [-0.05, 0) is 19.8 Å². The number of rotatable bonds is 2. The van der Waals surface area contributed by atoms with Gasteiger partial charge < -0.3 is 5.11 Å². The average molecular weight is 215 g/mol. The molecular weight excluding hydrogens is 204 g/mol. The lowest BCUT2D eigenvalue weighted by atomic mass is 9.97. The van der Waals surface area contributed by atoms with Crippen LogP contribution >= 0.6 is 11.6 Å². The Balaban J connectivity index is 2.56. The van der Waals surface area contributed by atoms with Crippen molar-refractivity contribution >= 4 is 17.6 Å². The van der Waals surface area contributed by atoms with Gasteiger partial charge in [0.25, 0.3) is 0 Å². The Morgan fingerprint density at radius 1 is 1.64 bits per heavy atom. The predicted octanol–water partition coefficient (Wildman–Crippen LogP) is 1.50. The van der Waals surface area contributed by atoms with E-state index in [0.29, 0.717) is 23.6 Å². The largest absolute Gasteiger partial charge is 0.481 e. The first kappa shape index (κ1) is 9.52. The Kier molecular flexibility index (Phi) is 1.86. The molecule has 76 valence electrons. The van der Waals surface area contributed by atoms with E-state index >= 15 is 0 Å². The number of halogens is 1. The van der Waals surface area contributed by atoms with Crippen molar-refractivity contribution in [3.05, 3.63) is 16.4 Å². The van der Waals surface area contributed by atoms with Crippen LogP contribution in [0.1, 0.15) is 24.1 Å². The molecule has 1 heterocycles. The maximum atomic E-state index is 11.1. The molecule has 0 bridgehead atoms. The normalized spacial score (nSPS) is 18.2. The second-order valence-electron chi connectivity index (χ2n) is 3.76. The van der Waals surface area contributed by atoms with E-state index in [1.54, 1.807) is 14.0 Å². The van der Waals surface area contributed by atoms with Gasteiger partial charge in [-0.15, -0.1) is 0 Å². The molecule has 5 heteroatoms. The predicted molar refractivity (Wildman–Crippen MR) is 51.5 cm³/mol. The highest BCUT2D eigenvalue weighted by atomic mass is 35.5. The summed E-state index contributed by atoms with van der Waals surface area (Å²) in [6.07, 6.45) is 1.32. The molecule has 4 nitrogen and oxygen atoms in total. The van der Waals surface area contributed by atoms with E-state index in [9.17, 15) is 4.79 Å². The summed E-state index contributed by atoms with van der Waals surface area (Å²) in [6, 6.07) is 0. The van der Waals surface area contributed by atoms with E-state index in [0.717, 1.165) is 5.69 Å². The molecule has 1 aromatic rings. The smallest absolute Gasteiger partial charge is 0.314 e. The van der Waals surface area contributed by atoms with E-state index in [2.05, 4.69) is 5.10 Å². The molecule has 14 heavy (non-hydrogen) atoms. The summed E-state index contributed by atoms with van der Waals surface area (Å²) in [5.74, 6) is -0.796. The highest BCUT2D eigenvalue weighted by Crippen LogP contribution is 2.51. The van der Waals surface area contributed by atoms with E-state index in [-0.39, 0.29) is 0 Å². The van der Waals surface area contributed by atoms with Crippen molar-refractivity contribution in [1.29, 1.82) is 0 Å². The van der Waals surface area contributed by atoms with Crippen LogP contribution in [0.3, 0.4) is 0 Å². The second kappa shape index (κ2) is 2.73. The van der Waals surface area contributed by atoms with Gasteiger partial charge in [-0.1, -0.05) is 11.6 Å². The summed E-state index contributed by atoms with van der Waals surface area (Å²) in [7, 11) is 1.72. The Morgan fingerprint density at radius 2 is 2.21 bits per heavy atom. The summed E-state index contributed by atoms with van der Waals surface area (Å²) >= 11 is 6.02. The number of hydrogen-bond donors (Lipinski definition) is 1. The first-order valence-corrected chi connectivity index (χ1v) is 4.80. The van der Waals surface area contributed by atoms with Gasteiger partial charge in [-0.2, -0.15) is 5.10 Å². The summed E-state index contributed by atoms with van der Waals surface area (Å²) in [5, 5.41) is 13.7. The van der Waals surface area contributed by atoms with E-state index in [4.69, 9.17) is 16.7 Å². The number of carboxylic acids is 1. The first-order chi connectivity index (χ1) is 6.49. The van der Waals surface area contributed by atoms with Crippen molar-refractivity contribution in [3.63, 3.8) is 0 Å². The number of aliphatic carboxylic acids is 1. The van der Waals surface area contributed by atoms with Crippen LogP contribution in [0.15, 0.2) is 0 Å². The third kappa shape index (κ3) is 1.07. The number of carbonyl (C=O) groups is 1. The molecule has 1 aliphatic rings. The Bertz CT molecular complexity index is 407. The molecular formula is C9H11ClN2O2. The molecule has 0 atom stereocenters. The van der Waals surface area contributed by atoms with Gasteiger partial charge in [0.1, 0.15) is 5.15 Å². The fraction of sp³-hybridized carbons (Fsp3) is 0.556. The quantitative estimate of drug-likeness (QED) is 0.812. The molecule has 0 aromatic carbocycles. The van der Waals surface area contributed by atoms with Crippen molar-refractivity contribution in [2.45, 2.75) is 25.2 Å². The van der Waals surface area contributed by atoms with Crippen LogP contribution in [0.25, 0.3) is 0 Å². The van der Waals surface area contributed by atoms with Gasteiger partial charge in [0.15, 0.2) is 0 Å². The molecule has 0 unspecified atom stereocenters. The van der Waals surface area contributed by atoms with Gasteiger partial charge in [-0.3, -0.25) is 9.48 Å². The average Bonchev–Trinajstić information content (AvgIpc) is 2.81. The minimum Gasteiger partial charge on any atom is -0.481 e. The Labute approximate surface area is 86.5 Å². The molecule has 0 amide bonds. The first-order valence-electron chi connectivity index (χ1n) is 4.42. The number of aryl methyl sites for hydroxylation is 2. The Morgan fingerprint density at radius 3 is 2.50 bits per heavy atom. The van der Waals surface area contributed by atoms with Crippen molar-refractivity contribution in [2.24, 2.45) is 7.05 Å². The fourth-order valence-electron chi connectivity index (χ4n) is 1.87. The monoisotopic (exact) mass is 214 g/mol. The summed E-state index contributed by atoms with van der Waals surface area (Å²) in [5.41, 5.74) is 0.654. The molecule has 1 aromatic heterocycles.